The van der Waals surface area contributed by atoms with E-state index >= 15 is 0 Å². The fourth-order valence-electron chi connectivity index (χ4n) is 0.760. The second-order valence-electron chi connectivity index (χ2n) is 2.21. The summed E-state index contributed by atoms with van der Waals surface area (Å²) in [5.74, 6) is 0. The van der Waals surface area contributed by atoms with Crippen molar-refractivity contribution in [2.75, 3.05) is 13.1 Å². The van der Waals surface area contributed by atoms with Gasteiger partial charge in [0.15, 0.2) is 0 Å². The van der Waals surface area contributed by atoms with E-state index in [0.717, 1.165) is 0 Å². The van der Waals surface area contributed by atoms with E-state index in [1.165, 1.54) is 44.9 Å². The molecule has 0 aromatic carbocycles. The third-order valence-corrected chi connectivity index (χ3v) is 2.83. The van der Waals surface area contributed by atoms with Crippen LogP contribution >= 0.6 is 0 Å². The van der Waals surface area contributed by atoms with Crippen LogP contribution < -0.4 is 0 Å². The summed E-state index contributed by atoms with van der Waals surface area (Å²) in [6.07, 6.45) is 3.61. The van der Waals surface area contributed by atoms with Crippen molar-refractivity contribution in [2.24, 2.45) is 0 Å². The molecule has 0 aliphatic carbocycles. The Morgan fingerprint density at radius 1 is 1.75 bits per heavy atom. The zero-order chi connectivity index (χ0) is 5.98. The molecule has 0 spiro atoms. The van der Waals surface area contributed by atoms with Gasteiger partial charge in [-0.15, -0.1) is 0 Å². The van der Waals surface area contributed by atoms with Gasteiger partial charge in [-0.05, 0) is 0 Å². The molecule has 1 nitrogen and oxygen atoms in total. The summed E-state index contributed by atoms with van der Waals surface area (Å²) in [5.41, 5.74) is 1.56. The first kappa shape index (κ1) is 6.71. The average Bonchev–Trinajstić information content (AvgIpc) is 1.77. The molecule has 8 heavy (non-hydrogen) atoms. The minimum absolute atomic E-state index is 1.19. The average molecular weight is 306 g/mol. The Bertz CT molecular complexity index is 109. The molecular formula is C6H11NPo. The van der Waals surface area contributed by atoms with Gasteiger partial charge < -0.3 is 0 Å². The molecular weight excluding hydrogens is 295 g/mol. The van der Waals surface area contributed by atoms with Gasteiger partial charge in [-0.2, -0.15) is 0 Å². The molecule has 2 heteroatoms. The summed E-state index contributed by atoms with van der Waals surface area (Å²) in [6.45, 7) is 4.70. The molecule has 1 heterocycles. The fraction of sp³-hybridized carbons (Fsp3) is 0.667. The topological polar surface area (TPSA) is 3.24 Å². The first-order chi connectivity index (χ1) is 3.79. The van der Waals surface area contributed by atoms with Crippen LogP contribution in [0.5, 0.6) is 0 Å². The summed E-state index contributed by atoms with van der Waals surface area (Å²) in [7, 11) is 0. The Kier molecular flexibility index (Phi) is 2.47. The van der Waals surface area contributed by atoms with Crippen LogP contribution in [0.1, 0.15) is 13.3 Å². The van der Waals surface area contributed by atoms with Crippen LogP contribution in [0.3, 0.4) is 0 Å². The molecule has 0 radical (unpaired) electrons. The maximum atomic E-state index is 2.44. The molecule has 0 fully saturated rings. The molecule has 0 N–H and O–H groups in total. The molecule has 0 aromatic rings. The fourth-order valence-corrected chi connectivity index (χ4v) is 1.47. The van der Waals surface area contributed by atoms with Crippen molar-refractivity contribution < 1.29 is 0 Å². The number of rotatable bonds is 0. The van der Waals surface area contributed by atoms with Crippen LogP contribution in [0, 0.1) is 0 Å². The van der Waals surface area contributed by atoms with Gasteiger partial charge in [0.1, 0.15) is 0 Å². The standard InChI is InChI=1S/C6H10N.Po.H/c1-6-2-4-7-5-3-6;;/h2H,3-5H2,1H3;;/q-1;+1;. The summed E-state index contributed by atoms with van der Waals surface area (Å²) >= 11 is 1.42. The zero-order valence-electron chi connectivity index (χ0n) is 5.09. The van der Waals surface area contributed by atoms with Crippen molar-refractivity contribution in [2.45, 2.75) is 13.3 Å². The summed E-state index contributed by atoms with van der Waals surface area (Å²) in [6, 6.07) is 0. The van der Waals surface area contributed by atoms with E-state index in [9.17, 15) is 0 Å². The second kappa shape index (κ2) is 2.94. The van der Waals surface area contributed by atoms with E-state index in [4.69, 9.17) is 0 Å². The van der Waals surface area contributed by atoms with Crippen molar-refractivity contribution in [3.63, 3.8) is 0 Å². The van der Waals surface area contributed by atoms with Gasteiger partial charge in [-0.3, -0.25) is 0 Å². The van der Waals surface area contributed by atoms with Gasteiger partial charge >= 0.3 is 66.2 Å². The Balaban J connectivity index is 2.42. The molecule has 1 aliphatic rings. The van der Waals surface area contributed by atoms with E-state index in [2.05, 4.69) is 15.8 Å². The molecule has 0 saturated heterocycles. The second-order valence-corrected chi connectivity index (χ2v) is 4.41. The Morgan fingerprint density at radius 2 is 2.50 bits per heavy atom. The molecule has 0 unspecified atom stereocenters. The molecule has 0 aromatic heterocycles. The van der Waals surface area contributed by atoms with Crippen molar-refractivity contribution in [3.05, 3.63) is 11.6 Å². The molecule has 0 amide bonds. The van der Waals surface area contributed by atoms with Crippen molar-refractivity contribution in [1.29, 1.82) is 0 Å². The van der Waals surface area contributed by atoms with Crippen LogP contribution in [0.25, 0.3) is 0 Å². The Hall–Kier alpha value is 0.596. The number of hydrogen-bond acceptors (Lipinski definition) is 1. The predicted molar refractivity (Wildman–Crippen MR) is 37.1 cm³/mol. The van der Waals surface area contributed by atoms with E-state index in [1.807, 2.05) is 0 Å². The Labute approximate surface area is 66.3 Å². The number of nitrogens with zero attached hydrogens (tertiary/aromatic N) is 1. The molecule has 46 valence electrons. The first-order valence-electron chi connectivity index (χ1n) is 2.88. The number of hydrogen-bond donors (Lipinski definition) is 0. The van der Waals surface area contributed by atoms with E-state index in [-0.39, 0.29) is 0 Å². The molecule has 1 rings (SSSR count). The predicted octanol–water partition coefficient (Wildman–Crippen LogP) is 0.454. The minimum atomic E-state index is 1.19. The molecule has 1 aliphatic heterocycles. The third-order valence-electron chi connectivity index (χ3n) is 1.41. The monoisotopic (exact) mass is 306 g/mol. The summed E-state index contributed by atoms with van der Waals surface area (Å²) in [4.78, 5) is 0. The zero-order valence-corrected chi connectivity index (χ0v) is 8.57. The van der Waals surface area contributed by atoms with Gasteiger partial charge in [0.25, 0.3) is 0 Å². The van der Waals surface area contributed by atoms with Gasteiger partial charge in [-0.1, -0.05) is 0 Å². The van der Waals surface area contributed by atoms with Crippen molar-refractivity contribution in [3.8, 4) is 0 Å². The van der Waals surface area contributed by atoms with E-state index < -0.39 is 0 Å². The molecule has 0 bridgehead atoms. The van der Waals surface area contributed by atoms with Gasteiger partial charge in [0.05, 0.1) is 0 Å². The third kappa shape index (κ3) is 1.84. The normalized spacial score (nSPS) is 23.0. The van der Waals surface area contributed by atoms with E-state index in [1.54, 1.807) is 5.57 Å². The van der Waals surface area contributed by atoms with E-state index in [0.29, 0.717) is 0 Å². The van der Waals surface area contributed by atoms with Crippen LogP contribution in [0.4, 0.5) is 0 Å². The van der Waals surface area contributed by atoms with Crippen LogP contribution in [0.2, 0.25) is 0 Å². The summed E-state index contributed by atoms with van der Waals surface area (Å²) < 4.78 is 2.44. The Morgan fingerprint density at radius 3 is 2.88 bits per heavy atom. The SMILES string of the molecule is CC1=CC[N]([PoH])CC1. The van der Waals surface area contributed by atoms with Crippen LogP contribution in [-0.4, -0.2) is 41.2 Å². The molecule has 0 atom stereocenters. The van der Waals surface area contributed by atoms with Gasteiger partial charge in [-0.25, -0.2) is 0 Å². The van der Waals surface area contributed by atoms with Gasteiger partial charge in [0, 0.05) is 0 Å². The maximum absolute atomic E-state index is 2.44. The van der Waals surface area contributed by atoms with Crippen molar-refractivity contribution >= 4 is 25.4 Å². The van der Waals surface area contributed by atoms with Gasteiger partial charge in [0.2, 0.25) is 0 Å². The molecule has 0 saturated carbocycles. The summed E-state index contributed by atoms with van der Waals surface area (Å²) in [5, 5.41) is 0. The van der Waals surface area contributed by atoms with Crippen molar-refractivity contribution in [1.82, 2.24) is 2.80 Å². The van der Waals surface area contributed by atoms with Crippen LogP contribution in [0.15, 0.2) is 11.6 Å². The first-order valence-corrected chi connectivity index (χ1v) is 4.44. The van der Waals surface area contributed by atoms with Crippen LogP contribution in [-0.2, 0) is 0 Å². The quantitative estimate of drug-likeness (QED) is 0.588.